The molecule has 0 bridgehead atoms. The van der Waals surface area contributed by atoms with Crippen molar-refractivity contribution >= 4 is 5.97 Å². The molecule has 0 aromatic heterocycles. The maximum Gasteiger partial charge on any atom is 0.490 e. The van der Waals surface area contributed by atoms with E-state index in [1.165, 1.54) is 0 Å². The Morgan fingerprint density at radius 2 is 1.27 bits per heavy atom. The van der Waals surface area contributed by atoms with Crippen LogP contribution in [0.2, 0.25) is 0 Å². The van der Waals surface area contributed by atoms with Crippen LogP contribution in [0, 0.1) is 0 Å². The summed E-state index contributed by atoms with van der Waals surface area (Å²) in [4.78, 5) is 8.90. The Balaban J connectivity index is 0. The molecule has 0 saturated carbocycles. The molecule has 0 aromatic rings. The van der Waals surface area contributed by atoms with Gasteiger partial charge in [0.15, 0.2) is 0 Å². The number of hydrogen-bond acceptors (Lipinski definition) is 1. The summed E-state index contributed by atoms with van der Waals surface area (Å²) in [6.45, 7) is -3.67. The lowest BCUT2D eigenvalue weighted by atomic mass is 10.7. The maximum atomic E-state index is 10.6. The third-order valence-electron chi connectivity index (χ3n) is 0.243. The maximum absolute atomic E-state index is 10.6. The quantitative estimate of drug-likeness (QED) is 0.583. The van der Waals surface area contributed by atoms with Gasteiger partial charge in [-0.25, -0.2) is 4.79 Å². The van der Waals surface area contributed by atoms with Gasteiger partial charge in [-0.05, 0) is 0 Å². The largest absolute Gasteiger partial charge is 0.490 e. The molecular formula is C3H2F6O2. The smallest absolute Gasteiger partial charge is 0.475 e. The second kappa shape index (κ2) is 4.80. The number of carboxylic acids is 1. The van der Waals surface area contributed by atoms with Crippen molar-refractivity contribution in [1.82, 2.24) is 0 Å². The molecule has 0 spiro atoms. The molecule has 0 rings (SSSR count). The molecule has 11 heavy (non-hydrogen) atoms. The van der Waals surface area contributed by atoms with Crippen LogP contribution in [0.5, 0.6) is 0 Å². The second-order valence-corrected chi connectivity index (χ2v) is 1.05. The zero-order valence-electron chi connectivity index (χ0n) is 4.70. The van der Waals surface area contributed by atoms with Crippen LogP contribution >= 0.6 is 0 Å². The molecular weight excluding hydrogens is 182 g/mol. The van der Waals surface area contributed by atoms with E-state index < -0.39 is 18.8 Å². The summed E-state index contributed by atoms with van der Waals surface area (Å²) < 4.78 is 60.7. The van der Waals surface area contributed by atoms with Crippen molar-refractivity contribution in [1.29, 1.82) is 0 Å². The first-order valence-electron chi connectivity index (χ1n) is 1.90. The van der Waals surface area contributed by atoms with Gasteiger partial charge in [-0.15, -0.1) is 0 Å². The van der Waals surface area contributed by atoms with Gasteiger partial charge in [0.2, 0.25) is 0 Å². The fraction of sp³-hybridized carbons (Fsp3) is 0.667. The van der Waals surface area contributed by atoms with Crippen molar-refractivity contribution in [3.63, 3.8) is 0 Å². The van der Waals surface area contributed by atoms with Gasteiger partial charge in [0.05, 0.1) is 0 Å². The van der Waals surface area contributed by atoms with Gasteiger partial charge in [0, 0.05) is 0 Å². The molecule has 0 radical (unpaired) electrons. The lowest BCUT2D eigenvalue weighted by Gasteiger charge is -1.93. The molecule has 68 valence electrons. The Morgan fingerprint density at radius 3 is 1.27 bits per heavy atom. The molecule has 1 N–H and O–H groups in total. The van der Waals surface area contributed by atoms with Gasteiger partial charge in [0.25, 0.3) is 0 Å². The summed E-state index contributed by atoms with van der Waals surface area (Å²) in [5.41, 5.74) is 0. The zero-order chi connectivity index (χ0) is 9.65. The molecule has 0 aliphatic heterocycles. The molecule has 0 unspecified atom stereocenters. The second-order valence-electron chi connectivity index (χ2n) is 1.05. The van der Waals surface area contributed by atoms with Crippen molar-refractivity contribution in [3.05, 3.63) is 0 Å². The molecule has 8 heteroatoms. The third-order valence-corrected chi connectivity index (χ3v) is 0.243. The normalized spacial score (nSPS) is 10.5. The Kier molecular flexibility index (Phi) is 5.55. The summed E-state index contributed by atoms with van der Waals surface area (Å²) in [5, 5.41) is 7.12. The van der Waals surface area contributed by atoms with Crippen LogP contribution in [0.25, 0.3) is 0 Å². The number of alkyl halides is 6. The minimum atomic E-state index is -5.08. The first-order valence-corrected chi connectivity index (χ1v) is 1.90. The van der Waals surface area contributed by atoms with Crippen LogP contribution in [-0.4, -0.2) is 23.9 Å². The highest BCUT2D eigenvalue weighted by Crippen LogP contribution is 2.13. The molecule has 0 atom stereocenters. The van der Waals surface area contributed by atoms with E-state index in [9.17, 15) is 26.3 Å². The summed E-state index contributed by atoms with van der Waals surface area (Å²) in [6.07, 6.45) is -5.08. The van der Waals surface area contributed by atoms with E-state index >= 15 is 0 Å². The van der Waals surface area contributed by atoms with Crippen LogP contribution in [0.15, 0.2) is 0 Å². The van der Waals surface area contributed by atoms with Crippen molar-refractivity contribution in [2.75, 3.05) is 0 Å². The number of carboxylic acid groups (broad SMARTS) is 1. The molecule has 2 nitrogen and oxygen atoms in total. The van der Waals surface area contributed by atoms with Crippen LogP contribution in [0.4, 0.5) is 26.3 Å². The predicted octanol–water partition coefficient (Wildman–Crippen LogP) is 1.81. The van der Waals surface area contributed by atoms with Crippen LogP contribution in [-0.2, 0) is 4.79 Å². The first-order chi connectivity index (χ1) is 4.68. The van der Waals surface area contributed by atoms with E-state index in [-0.39, 0.29) is 0 Å². The fourth-order valence-corrected chi connectivity index (χ4v) is 0. The number of carbonyl (C=O) groups is 1. The Morgan fingerprint density at radius 1 is 1.18 bits per heavy atom. The molecule has 0 saturated heterocycles. The third kappa shape index (κ3) is 17.6. The highest BCUT2D eigenvalue weighted by Gasteiger charge is 2.38. The number of rotatable bonds is 0. The predicted molar refractivity (Wildman–Crippen MR) is 20.8 cm³/mol. The lowest BCUT2D eigenvalue weighted by Crippen LogP contribution is -2.21. The van der Waals surface area contributed by atoms with E-state index in [0.717, 1.165) is 0 Å². The van der Waals surface area contributed by atoms with Crippen molar-refractivity contribution < 1.29 is 36.2 Å². The Labute approximate surface area is 56.4 Å². The van der Waals surface area contributed by atoms with Crippen LogP contribution < -0.4 is 0 Å². The Bertz CT molecular complexity index is 115. The van der Waals surface area contributed by atoms with Gasteiger partial charge in [-0.2, -0.15) is 26.3 Å². The fourth-order valence-electron chi connectivity index (χ4n) is 0. The van der Waals surface area contributed by atoms with E-state index in [2.05, 4.69) is 0 Å². The van der Waals surface area contributed by atoms with Gasteiger partial charge in [-0.3, -0.25) is 0 Å². The van der Waals surface area contributed by atoms with Crippen LogP contribution in [0.1, 0.15) is 0 Å². The average Bonchev–Trinajstić information content (AvgIpc) is 1.59. The summed E-state index contributed by atoms with van der Waals surface area (Å²) in [5.74, 6) is -2.76. The zero-order valence-corrected chi connectivity index (χ0v) is 4.70. The van der Waals surface area contributed by atoms with E-state index in [4.69, 9.17) is 9.90 Å². The van der Waals surface area contributed by atoms with Crippen LogP contribution in [0.3, 0.4) is 0 Å². The summed E-state index contributed by atoms with van der Waals surface area (Å²) in [7, 11) is 0. The molecule has 0 amide bonds. The topological polar surface area (TPSA) is 37.3 Å². The highest BCUT2D eigenvalue weighted by molar-refractivity contribution is 5.73. The number of hydrogen-bond donors (Lipinski definition) is 1. The Hall–Kier alpha value is -0.950. The minimum Gasteiger partial charge on any atom is -0.475 e. The molecule has 0 fully saturated rings. The molecule has 0 aromatic carbocycles. The average molecular weight is 184 g/mol. The summed E-state index contributed by atoms with van der Waals surface area (Å²) >= 11 is 0. The standard InChI is InChI=1S/C2HF3O2.CHF3/c3-2(4,5)1(6)7;2-1(3)4/h(H,6,7);1H. The van der Waals surface area contributed by atoms with Gasteiger partial charge >= 0.3 is 18.8 Å². The van der Waals surface area contributed by atoms with Crippen molar-refractivity contribution in [3.8, 4) is 0 Å². The summed E-state index contributed by atoms with van der Waals surface area (Å²) in [6, 6.07) is 0. The molecule has 0 aliphatic rings. The molecule has 0 heterocycles. The first kappa shape index (κ1) is 12.7. The lowest BCUT2D eigenvalue weighted by molar-refractivity contribution is -0.192. The van der Waals surface area contributed by atoms with Gasteiger partial charge in [-0.1, -0.05) is 0 Å². The van der Waals surface area contributed by atoms with E-state index in [1.54, 1.807) is 0 Å². The van der Waals surface area contributed by atoms with E-state index in [0.29, 0.717) is 0 Å². The van der Waals surface area contributed by atoms with E-state index in [1.807, 2.05) is 0 Å². The number of aliphatic carboxylic acids is 1. The molecule has 0 aliphatic carbocycles. The highest BCUT2D eigenvalue weighted by atomic mass is 19.4. The van der Waals surface area contributed by atoms with Crippen molar-refractivity contribution in [2.45, 2.75) is 12.9 Å². The van der Waals surface area contributed by atoms with Gasteiger partial charge in [0.1, 0.15) is 0 Å². The minimum absolute atomic E-state index is 2.76. The SMILES string of the molecule is FC(F)F.O=C(O)C(F)(F)F. The number of halogens is 6. The van der Waals surface area contributed by atoms with Crippen molar-refractivity contribution in [2.24, 2.45) is 0 Å². The monoisotopic (exact) mass is 184 g/mol. The van der Waals surface area contributed by atoms with Gasteiger partial charge < -0.3 is 5.11 Å².